The second kappa shape index (κ2) is 9.42. The topological polar surface area (TPSA) is 88.4 Å². The molecule has 9 heteroatoms. The van der Waals surface area contributed by atoms with Crippen LogP contribution in [0.5, 0.6) is 17.2 Å². The van der Waals surface area contributed by atoms with E-state index in [-0.39, 0.29) is 5.78 Å². The van der Waals surface area contributed by atoms with Gasteiger partial charge in [-0.05, 0) is 48.5 Å². The highest BCUT2D eigenvalue weighted by atomic mass is 32.2. The van der Waals surface area contributed by atoms with Crippen LogP contribution in [-0.4, -0.2) is 52.1 Å². The first kappa shape index (κ1) is 20.7. The van der Waals surface area contributed by atoms with E-state index in [1.165, 1.54) is 18.9 Å². The summed E-state index contributed by atoms with van der Waals surface area (Å²) >= 11 is 1.27. The van der Waals surface area contributed by atoms with Gasteiger partial charge >= 0.3 is 0 Å². The Kier molecular flexibility index (Phi) is 6.71. The summed E-state index contributed by atoms with van der Waals surface area (Å²) in [7, 11) is 3.09. The zero-order valence-electron chi connectivity index (χ0n) is 16.7. The Morgan fingerprint density at radius 2 is 1.93 bits per heavy atom. The summed E-state index contributed by atoms with van der Waals surface area (Å²) in [6.07, 6.45) is 0. The number of carbonyl (C=O) groups is 1. The van der Waals surface area contributed by atoms with Crippen molar-refractivity contribution in [2.75, 3.05) is 20.8 Å². The average molecular weight is 414 g/mol. The van der Waals surface area contributed by atoms with E-state index in [2.05, 4.69) is 15.5 Å². The van der Waals surface area contributed by atoms with Gasteiger partial charge in [0.25, 0.3) is 0 Å². The summed E-state index contributed by atoms with van der Waals surface area (Å²) in [6.45, 7) is 4.24. The van der Waals surface area contributed by atoms with Gasteiger partial charge in [-0.3, -0.25) is 4.79 Å². The number of carbonyl (C=O) groups excluding carboxylic acids is 1. The number of methoxy groups -OCH3 is 2. The molecule has 3 rings (SSSR count). The minimum atomic E-state index is -0.443. The van der Waals surface area contributed by atoms with E-state index >= 15 is 0 Å². The molecule has 0 saturated heterocycles. The number of aromatic nitrogens is 4. The predicted octanol–water partition coefficient (Wildman–Crippen LogP) is 3.44. The molecule has 0 amide bonds. The number of Topliss-reactive ketones (excluding diaryl/α,β-unsaturated/α-hetero) is 1. The second-order valence-electron chi connectivity index (χ2n) is 5.96. The van der Waals surface area contributed by atoms with Crippen LogP contribution in [0.1, 0.15) is 24.2 Å². The smallest absolute Gasteiger partial charge is 0.214 e. The number of thioether (sulfide) groups is 1. The maximum atomic E-state index is 13.0. The van der Waals surface area contributed by atoms with Crippen molar-refractivity contribution in [3.05, 3.63) is 48.0 Å². The Morgan fingerprint density at radius 3 is 2.66 bits per heavy atom. The Balaban J connectivity index is 1.85. The molecule has 29 heavy (non-hydrogen) atoms. The summed E-state index contributed by atoms with van der Waals surface area (Å²) < 4.78 is 17.8. The molecule has 0 aliphatic rings. The van der Waals surface area contributed by atoms with Gasteiger partial charge in [-0.2, -0.15) is 4.68 Å². The van der Waals surface area contributed by atoms with Gasteiger partial charge in [0.15, 0.2) is 5.78 Å². The lowest BCUT2D eigenvalue weighted by atomic mass is 10.1. The van der Waals surface area contributed by atoms with Crippen molar-refractivity contribution in [3.63, 3.8) is 0 Å². The number of ketones is 1. The van der Waals surface area contributed by atoms with Gasteiger partial charge in [-0.25, -0.2) is 0 Å². The fourth-order valence-corrected chi connectivity index (χ4v) is 3.61. The number of tetrazole rings is 1. The average Bonchev–Trinajstić information content (AvgIpc) is 3.21. The van der Waals surface area contributed by atoms with Crippen molar-refractivity contribution in [2.24, 2.45) is 0 Å². The van der Waals surface area contributed by atoms with Crippen LogP contribution in [0.2, 0.25) is 0 Å². The fourth-order valence-electron chi connectivity index (χ4n) is 2.75. The van der Waals surface area contributed by atoms with Crippen molar-refractivity contribution >= 4 is 17.5 Å². The maximum absolute atomic E-state index is 13.0. The molecule has 0 fully saturated rings. The molecule has 0 N–H and O–H groups in total. The van der Waals surface area contributed by atoms with Gasteiger partial charge in [-0.15, -0.1) is 5.10 Å². The Hall–Kier alpha value is -3.07. The van der Waals surface area contributed by atoms with Gasteiger partial charge in [0.2, 0.25) is 5.16 Å². The van der Waals surface area contributed by atoms with Crippen molar-refractivity contribution in [2.45, 2.75) is 24.3 Å². The standard InChI is InChI=1S/C20H22N4O4S/c1-5-28-17-9-7-6-8-16(17)24-20(21-22-23-24)29-13(2)19(25)15-11-10-14(26-3)12-18(15)27-4/h6-13H,5H2,1-4H3. The molecule has 152 valence electrons. The van der Waals surface area contributed by atoms with Gasteiger partial charge in [0.05, 0.1) is 31.6 Å². The number of benzene rings is 2. The predicted molar refractivity (Wildman–Crippen MR) is 110 cm³/mol. The fraction of sp³-hybridized carbons (Fsp3) is 0.300. The molecule has 1 aromatic heterocycles. The summed E-state index contributed by atoms with van der Waals surface area (Å²) in [5, 5.41) is 12.0. The highest BCUT2D eigenvalue weighted by molar-refractivity contribution is 8.00. The van der Waals surface area contributed by atoms with E-state index < -0.39 is 5.25 Å². The van der Waals surface area contributed by atoms with Crippen molar-refractivity contribution in [3.8, 4) is 22.9 Å². The Bertz CT molecular complexity index is 992. The van der Waals surface area contributed by atoms with E-state index in [1.54, 1.807) is 30.0 Å². The Labute approximate surface area is 173 Å². The third-order valence-electron chi connectivity index (χ3n) is 4.16. The van der Waals surface area contributed by atoms with E-state index in [1.807, 2.05) is 38.1 Å². The van der Waals surface area contributed by atoms with E-state index in [0.29, 0.717) is 40.3 Å². The number of hydrogen-bond acceptors (Lipinski definition) is 8. The molecule has 0 radical (unpaired) electrons. The van der Waals surface area contributed by atoms with E-state index in [9.17, 15) is 4.79 Å². The van der Waals surface area contributed by atoms with Crippen LogP contribution in [0.25, 0.3) is 5.69 Å². The number of ether oxygens (including phenoxy) is 3. The normalized spacial score (nSPS) is 11.7. The molecule has 0 aliphatic carbocycles. The van der Waals surface area contributed by atoms with Crippen molar-refractivity contribution in [1.29, 1.82) is 0 Å². The van der Waals surface area contributed by atoms with Gasteiger partial charge in [0, 0.05) is 6.07 Å². The lowest BCUT2D eigenvalue weighted by molar-refractivity contribution is 0.0991. The summed E-state index contributed by atoms with van der Waals surface area (Å²) in [6, 6.07) is 12.6. The molecule has 2 aromatic carbocycles. The molecule has 0 bridgehead atoms. The van der Waals surface area contributed by atoms with Crippen molar-refractivity contribution < 1.29 is 19.0 Å². The monoisotopic (exact) mass is 414 g/mol. The summed E-state index contributed by atoms with van der Waals surface area (Å²) in [5.74, 6) is 1.65. The SMILES string of the molecule is CCOc1ccccc1-n1nnnc1SC(C)C(=O)c1ccc(OC)cc1OC. The molecule has 0 spiro atoms. The van der Waals surface area contributed by atoms with Crippen LogP contribution in [0.15, 0.2) is 47.6 Å². The molecule has 3 aromatic rings. The minimum Gasteiger partial charge on any atom is -0.497 e. The van der Waals surface area contributed by atoms with Crippen LogP contribution in [0, 0.1) is 0 Å². The molecular weight excluding hydrogens is 392 g/mol. The second-order valence-corrected chi connectivity index (χ2v) is 7.27. The largest absolute Gasteiger partial charge is 0.497 e. The van der Waals surface area contributed by atoms with Crippen LogP contribution in [0.4, 0.5) is 0 Å². The first-order valence-corrected chi connectivity index (χ1v) is 9.90. The highest BCUT2D eigenvalue weighted by Crippen LogP contribution is 2.32. The van der Waals surface area contributed by atoms with Gasteiger partial charge in [-0.1, -0.05) is 23.9 Å². The zero-order valence-corrected chi connectivity index (χ0v) is 17.5. The number of para-hydroxylation sites is 2. The van der Waals surface area contributed by atoms with E-state index in [0.717, 1.165) is 0 Å². The molecule has 1 heterocycles. The minimum absolute atomic E-state index is 0.0952. The van der Waals surface area contributed by atoms with Crippen LogP contribution < -0.4 is 14.2 Å². The lowest BCUT2D eigenvalue weighted by Gasteiger charge is -2.14. The third kappa shape index (κ3) is 4.51. The Morgan fingerprint density at radius 1 is 1.14 bits per heavy atom. The van der Waals surface area contributed by atoms with Gasteiger partial charge in [0.1, 0.15) is 22.9 Å². The third-order valence-corrected chi connectivity index (χ3v) is 5.19. The first-order valence-electron chi connectivity index (χ1n) is 9.02. The zero-order chi connectivity index (χ0) is 20.8. The first-order chi connectivity index (χ1) is 14.1. The molecule has 8 nitrogen and oxygen atoms in total. The summed E-state index contributed by atoms with van der Waals surface area (Å²) in [4.78, 5) is 13.0. The lowest BCUT2D eigenvalue weighted by Crippen LogP contribution is -2.16. The highest BCUT2D eigenvalue weighted by Gasteiger charge is 2.24. The van der Waals surface area contributed by atoms with Crippen LogP contribution in [0.3, 0.4) is 0 Å². The molecular formula is C20H22N4O4S. The molecule has 0 aliphatic heterocycles. The molecule has 0 saturated carbocycles. The van der Waals surface area contributed by atoms with Gasteiger partial charge < -0.3 is 14.2 Å². The van der Waals surface area contributed by atoms with Crippen LogP contribution in [-0.2, 0) is 0 Å². The van der Waals surface area contributed by atoms with Crippen molar-refractivity contribution in [1.82, 2.24) is 20.2 Å². The summed E-state index contributed by atoms with van der Waals surface area (Å²) in [5.41, 5.74) is 1.19. The number of rotatable bonds is 9. The van der Waals surface area contributed by atoms with E-state index in [4.69, 9.17) is 14.2 Å². The quantitative estimate of drug-likeness (QED) is 0.389. The molecule has 1 unspecified atom stereocenters. The number of nitrogens with zero attached hydrogens (tertiary/aromatic N) is 4. The molecule has 1 atom stereocenters. The maximum Gasteiger partial charge on any atom is 0.214 e. The number of hydrogen-bond donors (Lipinski definition) is 0. The van der Waals surface area contributed by atoms with Crippen LogP contribution >= 0.6 is 11.8 Å².